The maximum atomic E-state index is 13.1. The average molecular weight is 376 g/mol. The van der Waals surface area contributed by atoms with Crippen molar-refractivity contribution in [3.8, 4) is 5.75 Å². The smallest absolute Gasteiger partial charge is 0.241 e. The number of rotatable bonds is 6. The molecule has 2 rings (SSSR count). The zero-order valence-corrected chi connectivity index (χ0v) is 17.0. The summed E-state index contributed by atoms with van der Waals surface area (Å²) >= 11 is 0. The molecule has 1 fully saturated rings. The second-order valence-corrected chi connectivity index (χ2v) is 8.11. The van der Waals surface area contributed by atoms with Gasteiger partial charge in [-0.15, -0.1) is 0 Å². The molecule has 2 amide bonds. The molecular formula is C21H33N3O3. The van der Waals surface area contributed by atoms with Gasteiger partial charge in [0.15, 0.2) is 0 Å². The van der Waals surface area contributed by atoms with Crippen LogP contribution in [0.5, 0.6) is 5.75 Å². The molecule has 0 radical (unpaired) electrons. The van der Waals surface area contributed by atoms with E-state index in [4.69, 9.17) is 10.5 Å². The van der Waals surface area contributed by atoms with Gasteiger partial charge in [0.2, 0.25) is 11.8 Å². The number of ether oxygens (including phenoxy) is 1. The molecule has 6 heteroatoms. The third kappa shape index (κ3) is 5.45. The van der Waals surface area contributed by atoms with E-state index in [0.717, 1.165) is 12.8 Å². The second kappa shape index (κ2) is 9.22. The van der Waals surface area contributed by atoms with Crippen molar-refractivity contribution in [2.75, 3.05) is 17.7 Å². The van der Waals surface area contributed by atoms with Gasteiger partial charge in [-0.05, 0) is 49.7 Å². The lowest BCUT2D eigenvalue weighted by atomic mass is 9.70. The van der Waals surface area contributed by atoms with E-state index in [1.54, 1.807) is 32.2 Å². The largest absolute Gasteiger partial charge is 0.497 e. The minimum Gasteiger partial charge on any atom is -0.497 e. The van der Waals surface area contributed by atoms with E-state index in [9.17, 15) is 9.59 Å². The van der Waals surface area contributed by atoms with E-state index in [1.165, 1.54) is 6.42 Å². The van der Waals surface area contributed by atoms with Crippen molar-refractivity contribution in [3.63, 3.8) is 0 Å². The maximum absolute atomic E-state index is 13.1. The van der Waals surface area contributed by atoms with Crippen LogP contribution in [0.25, 0.3) is 0 Å². The number of amides is 2. The Hall–Kier alpha value is -2.08. The second-order valence-electron chi connectivity index (χ2n) is 8.11. The molecule has 1 aliphatic carbocycles. The third-order valence-corrected chi connectivity index (χ3v) is 5.52. The summed E-state index contributed by atoms with van der Waals surface area (Å²) in [5, 5.41) is 5.81. The van der Waals surface area contributed by atoms with Gasteiger partial charge >= 0.3 is 0 Å². The number of nitrogens with one attached hydrogen (secondary N) is 2. The van der Waals surface area contributed by atoms with Gasteiger partial charge in [-0.25, -0.2) is 0 Å². The van der Waals surface area contributed by atoms with Crippen LogP contribution in [0.3, 0.4) is 0 Å². The molecule has 150 valence electrons. The normalized spacial score (nSPS) is 23.6. The van der Waals surface area contributed by atoms with Gasteiger partial charge in [0.1, 0.15) is 5.75 Å². The molecule has 1 aromatic carbocycles. The Morgan fingerprint density at radius 2 is 1.85 bits per heavy atom. The van der Waals surface area contributed by atoms with Crippen LogP contribution < -0.4 is 21.1 Å². The molecule has 0 aliphatic heterocycles. The lowest BCUT2D eigenvalue weighted by molar-refractivity contribution is -0.124. The molecule has 0 saturated heterocycles. The van der Waals surface area contributed by atoms with Crippen LogP contribution in [0, 0.1) is 23.7 Å². The predicted molar refractivity (Wildman–Crippen MR) is 109 cm³/mol. The van der Waals surface area contributed by atoms with E-state index >= 15 is 0 Å². The zero-order chi connectivity index (χ0) is 20.1. The molecule has 6 nitrogen and oxygen atoms in total. The van der Waals surface area contributed by atoms with Gasteiger partial charge in [0.05, 0.1) is 24.5 Å². The summed E-state index contributed by atoms with van der Waals surface area (Å²) in [6.07, 6.45) is 3.14. The van der Waals surface area contributed by atoms with Crippen molar-refractivity contribution < 1.29 is 14.3 Å². The SMILES string of the molecule is COc1ccc(NC(=O)[C@@H]2C[C@H](C)CC[C@H]2C(C)C)c(NC(=O)[C@H](C)N)c1. The highest BCUT2D eigenvalue weighted by Crippen LogP contribution is 2.39. The van der Waals surface area contributed by atoms with Crippen LogP contribution >= 0.6 is 0 Å². The number of hydrogen-bond acceptors (Lipinski definition) is 4. The van der Waals surface area contributed by atoms with Crippen LogP contribution in [0.4, 0.5) is 11.4 Å². The first-order valence-corrected chi connectivity index (χ1v) is 9.78. The quantitative estimate of drug-likeness (QED) is 0.708. The number of carbonyl (C=O) groups is 2. The molecule has 0 heterocycles. The lowest BCUT2D eigenvalue weighted by Crippen LogP contribution is -2.37. The van der Waals surface area contributed by atoms with Crippen molar-refractivity contribution in [2.24, 2.45) is 29.4 Å². The van der Waals surface area contributed by atoms with Gasteiger partial charge < -0.3 is 21.1 Å². The maximum Gasteiger partial charge on any atom is 0.241 e. The van der Waals surface area contributed by atoms with Gasteiger partial charge in [0.25, 0.3) is 0 Å². The molecule has 1 aliphatic rings. The van der Waals surface area contributed by atoms with Gasteiger partial charge in [-0.3, -0.25) is 9.59 Å². The molecular weight excluding hydrogens is 342 g/mol. The molecule has 4 N–H and O–H groups in total. The lowest BCUT2D eigenvalue weighted by Gasteiger charge is -2.36. The minimum atomic E-state index is -0.649. The van der Waals surface area contributed by atoms with Crippen molar-refractivity contribution in [1.29, 1.82) is 0 Å². The Bertz CT molecular complexity index is 673. The Morgan fingerprint density at radius 1 is 1.15 bits per heavy atom. The molecule has 4 atom stereocenters. The van der Waals surface area contributed by atoms with Gasteiger partial charge in [0, 0.05) is 12.0 Å². The van der Waals surface area contributed by atoms with Crippen LogP contribution in [0.15, 0.2) is 18.2 Å². The fourth-order valence-electron chi connectivity index (χ4n) is 3.84. The standard InChI is InChI=1S/C21H33N3O3/c1-12(2)16-8-6-13(3)10-17(16)21(26)23-18-9-7-15(27-5)11-19(18)24-20(25)14(4)22/h7,9,11-14,16-17H,6,8,10,22H2,1-5H3,(H,23,26)(H,24,25)/t13-,14+,16+,17-/m1/s1. The Morgan fingerprint density at radius 3 is 2.44 bits per heavy atom. The van der Waals surface area contributed by atoms with E-state index in [-0.39, 0.29) is 17.7 Å². The van der Waals surface area contributed by atoms with E-state index in [1.807, 2.05) is 0 Å². The number of carbonyl (C=O) groups excluding carboxylic acids is 2. The highest BCUT2D eigenvalue weighted by molar-refractivity contribution is 6.02. The highest BCUT2D eigenvalue weighted by atomic mass is 16.5. The number of anilines is 2. The predicted octanol–water partition coefficient (Wildman–Crippen LogP) is 3.63. The summed E-state index contributed by atoms with van der Waals surface area (Å²) in [6, 6.07) is 4.56. The van der Waals surface area contributed by atoms with Crippen molar-refractivity contribution in [2.45, 2.75) is 53.0 Å². The van der Waals surface area contributed by atoms with Crippen molar-refractivity contribution >= 4 is 23.2 Å². The van der Waals surface area contributed by atoms with Gasteiger partial charge in [-0.2, -0.15) is 0 Å². The molecule has 27 heavy (non-hydrogen) atoms. The van der Waals surface area contributed by atoms with Crippen molar-refractivity contribution in [3.05, 3.63) is 18.2 Å². The zero-order valence-electron chi connectivity index (χ0n) is 17.0. The number of hydrogen-bond donors (Lipinski definition) is 3. The number of nitrogens with two attached hydrogens (primary N) is 1. The van der Waals surface area contributed by atoms with Crippen LogP contribution in [0.2, 0.25) is 0 Å². The summed E-state index contributed by atoms with van der Waals surface area (Å²) < 4.78 is 5.24. The highest BCUT2D eigenvalue weighted by Gasteiger charge is 2.35. The number of methoxy groups -OCH3 is 1. The molecule has 1 aromatic rings. The topological polar surface area (TPSA) is 93.5 Å². The van der Waals surface area contributed by atoms with Crippen LogP contribution in [0.1, 0.15) is 47.0 Å². The first-order chi connectivity index (χ1) is 12.7. The first-order valence-electron chi connectivity index (χ1n) is 9.78. The Kier molecular flexibility index (Phi) is 7.25. The van der Waals surface area contributed by atoms with Gasteiger partial charge in [-0.1, -0.05) is 27.2 Å². The first kappa shape index (κ1) is 21.2. The van der Waals surface area contributed by atoms with E-state index in [2.05, 4.69) is 31.4 Å². The Labute approximate surface area is 162 Å². The van der Waals surface area contributed by atoms with Crippen LogP contribution in [-0.2, 0) is 9.59 Å². The monoisotopic (exact) mass is 375 g/mol. The minimum absolute atomic E-state index is 0.0155. The summed E-state index contributed by atoms with van der Waals surface area (Å²) in [6.45, 7) is 8.19. The van der Waals surface area contributed by atoms with E-state index in [0.29, 0.717) is 34.9 Å². The molecule has 1 saturated carbocycles. The van der Waals surface area contributed by atoms with E-state index < -0.39 is 6.04 Å². The fraction of sp³-hybridized carbons (Fsp3) is 0.619. The summed E-state index contributed by atoms with van der Waals surface area (Å²) in [4.78, 5) is 25.1. The third-order valence-electron chi connectivity index (χ3n) is 5.52. The number of benzene rings is 1. The van der Waals surface area contributed by atoms with Crippen LogP contribution in [-0.4, -0.2) is 25.0 Å². The molecule has 0 bridgehead atoms. The summed E-state index contributed by atoms with van der Waals surface area (Å²) in [7, 11) is 1.56. The molecule has 0 spiro atoms. The summed E-state index contributed by atoms with van der Waals surface area (Å²) in [5.74, 6) is 1.66. The average Bonchev–Trinajstić information content (AvgIpc) is 2.62. The molecule has 0 aromatic heterocycles. The fourth-order valence-corrected chi connectivity index (χ4v) is 3.84. The molecule has 0 unspecified atom stereocenters. The van der Waals surface area contributed by atoms with Crippen molar-refractivity contribution in [1.82, 2.24) is 0 Å². The summed E-state index contributed by atoms with van der Waals surface area (Å²) in [5.41, 5.74) is 6.72. The Balaban J connectivity index is 2.23.